The summed E-state index contributed by atoms with van der Waals surface area (Å²) in [7, 11) is 0. The van der Waals surface area contributed by atoms with Crippen molar-refractivity contribution in [2.45, 2.75) is 0 Å². The number of allylic oxidation sites excluding steroid dienone is 4. The van der Waals surface area contributed by atoms with Gasteiger partial charge in [-0.3, -0.25) is 0 Å². The van der Waals surface area contributed by atoms with Crippen molar-refractivity contribution in [1.29, 1.82) is 0 Å². The average molecular weight is 396 g/mol. The van der Waals surface area contributed by atoms with Gasteiger partial charge in [-0.25, -0.2) is 0 Å². The van der Waals surface area contributed by atoms with Crippen molar-refractivity contribution in [3.05, 3.63) is 66.8 Å². The molecule has 0 aliphatic carbocycles. The van der Waals surface area contributed by atoms with E-state index in [1.807, 2.05) is 11.8 Å². The SMILES string of the molecule is O=CC=C1C=C(c2ccc[se]2)SC(c2ccc[se]2)=C1. The fourth-order valence-electron chi connectivity index (χ4n) is 1.78. The van der Waals surface area contributed by atoms with Crippen molar-refractivity contribution >= 4 is 56.9 Å². The first-order chi connectivity index (χ1) is 9.36. The van der Waals surface area contributed by atoms with Crippen LogP contribution in [0.25, 0.3) is 9.81 Å². The van der Waals surface area contributed by atoms with E-state index in [0.717, 1.165) is 11.9 Å². The quantitative estimate of drug-likeness (QED) is 0.451. The molecule has 4 heteroatoms. The maximum absolute atomic E-state index is 10.7. The summed E-state index contributed by atoms with van der Waals surface area (Å²) in [6.45, 7) is 0. The zero-order valence-corrected chi connectivity index (χ0v) is 14.1. The third kappa shape index (κ3) is 3.05. The number of thioether (sulfide) groups is 1. The summed E-state index contributed by atoms with van der Waals surface area (Å²) in [4.78, 5) is 17.8. The van der Waals surface area contributed by atoms with Gasteiger partial charge in [0.1, 0.15) is 0 Å². The first-order valence-electron chi connectivity index (χ1n) is 5.71. The van der Waals surface area contributed by atoms with Gasteiger partial charge in [-0.2, -0.15) is 0 Å². The third-order valence-electron chi connectivity index (χ3n) is 2.60. The molecule has 0 saturated carbocycles. The second-order valence-electron chi connectivity index (χ2n) is 3.88. The predicted octanol–water partition coefficient (Wildman–Crippen LogP) is 3.05. The van der Waals surface area contributed by atoms with E-state index in [0.29, 0.717) is 29.0 Å². The van der Waals surface area contributed by atoms with Crippen LogP contribution in [0, 0.1) is 0 Å². The molecule has 0 N–H and O–H groups in total. The van der Waals surface area contributed by atoms with Gasteiger partial charge >= 0.3 is 128 Å². The zero-order chi connectivity index (χ0) is 13.1. The Kier molecular flexibility index (Phi) is 4.27. The molecule has 94 valence electrons. The molecule has 0 unspecified atom stereocenters. The van der Waals surface area contributed by atoms with Crippen LogP contribution in [0.15, 0.2) is 57.9 Å². The Morgan fingerprint density at radius 2 is 1.53 bits per heavy atom. The summed E-state index contributed by atoms with van der Waals surface area (Å²) in [6.07, 6.45) is 6.76. The molecule has 0 aromatic carbocycles. The predicted molar refractivity (Wildman–Crippen MR) is 84.5 cm³/mol. The molecule has 3 heterocycles. The Labute approximate surface area is 128 Å². The molecule has 1 nitrogen and oxygen atoms in total. The van der Waals surface area contributed by atoms with Crippen LogP contribution < -0.4 is 0 Å². The summed E-state index contributed by atoms with van der Waals surface area (Å²) < 4.78 is 2.80. The summed E-state index contributed by atoms with van der Waals surface area (Å²) >= 11 is 2.70. The molecule has 2 aromatic rings. The Morgan fingerprint density at radius 1 is 0.947 bits per heavy atom. The first-order valence-corrected chi connectivity index (χ1v) is 10.2. The van der Waals surface area contributed by atoms with E-state index < -0.39 is 0 Å². The molecule has 0 amide bonds. The number of aldehydes is 1. The molecule has 1 aliphatic heterocycles. The second-order valence-corrected chi connectivity index (χ2v) is 8.94. The molecule has 0 saturated heterocycles. The number of rotatable bonds is 3. The van der Waals surface area contributed by atoms with Gasteiger partial charge in [-0.05, 0) is 0 Å². The first kappa shape index (κ1) is 13.2. The molecule has 0 bridgehead atoms. The molecule has 3 rings (SSSR count). The molecule has 0 fully saturated rings. The van der Waals surface area contributed by atoms with Gasteiger partial charge in [0.15, 0.2) is 0 Å². The van der Waals surface area contributed by atoms with Crippen molar-refractivity contribution in [2.75, 3.05) is 0 Å². The van der Waals surface area contributed by atoms with E-state index in [4.69, 9.17) is 0 Å². The summed E-state index contributed by atoms with van der Waals surface area (Å²) in [5, 5.41) is 0. The van der Waals surface area contributed by atoms with E-state index in [9.17, 15) is 4.79 Å². The Balaban J connectivity index is 2.01. The fourth-order valence-corrected chi connectivity index (χ4v) is 6.43. The molecule has 0 atom stereocenters. The normalized spacial score (nSPS) is 14.8. The fraction of sp³-hybridized carbons (Fsp3) is 0. The minimum atomic E-state index is 0.432. The summed E-state index contributed by atoms with van der Waals surface area (Å²) in [5.41, 5.74) is 1.01. The van der Waals surface area contributed by atoms with Crippen LogP contribution in [0.1, 0.15) is 8.87 Å². The maximum atomic E-state index is 10.7. The van der Waals surface area contributed by atoms with E-state index in [1.165, 1.54) is 18.7 Å². The van der Waals surface area contributed by atoms with E-state index >= 15 is 0 Å². The van der Waals surface area contributed by atoms with Crippen LogP contribution in [-0.2, 0) is 4.79 Å². The van der Waals surface area contributed by atoms with Crippen molar-refractivity contribution in [3.63, 3.8) is 0 Å². The van der Waals surface area contributed by atoms with Crippen LogP contribution in [0.5, 0.6) is 0 Å². The van der Waals surface area contributed by atoms with Crippen molar-refractivity contribution in [2.24, 2.45) is 0 Å². The standard InChI is InChI=1S/C15H10OSSe2/c16-6-5-11-9-12(14-3-1-7-18-14)17-13(10-11)15-4-2-8-19-15/h1-10H. The van der Waals surface area contributed by atoms with Crippen molar-refractivity contribution < 1.29 is 4.79 Å². The van der Waals surface area contributed by atoms with Gasteiger partial charge in [0.25, 0.3) is 0 Å². The monoisotopic (exact) mass is 398 g/mol. The minimum absolute atomic E-state index is 0.432. The molecule has 0 spiro atoms. The number of carbonyl (C=O) groups is 1. The molecule has 2 aromatic heterocycles. The summed E-state index contributed by atoms with van der Waals surface area (Å²) in [6, 6.07) is 8.62. The summed E-state index contributed by atoms with van der Waals surface area (Å²) in [5.74, 6) is 0. The van der Waals surface area contributed by atoms with Crippen molar-refractivity contribution in [1.82, 2.24) is 0 Å². The van der Waals surface area contributed by atoms with Gasteiger partial charge in [0, 0.05) is 0 Å². The van der Waals surface area contributed by atoms with Crippen LogP contribution in [0.4, 0.5) is 0 Å². The molecular formula is C15H10OSSe2. The van der Waals surface area contributed by atoms with Crippen LogP contribution >= 0.6 is 11.8 Å². The van der Waals surface area contributed by atoms with Gasteiger partial charge in [0.05, 0.1) is 0 Å². The molecule has 1 aliphatic rings. The van der Waals surface area contributed by atoms with Gasteiger partial charge in [-0.1, -0.05) is 0 Å². The molecule has 0 radical (unpaired) electrons. The van der Waals surface area contributed by atoms with E-state index in [2.05, 4.69) is 46.3 Å². The van der Waals surface area contributed by atoms with Crippen LogP contribution in [0.2, 0.25) is 0 Å². The number of hydrogen-bond donors (Lipinski definition) is 0. The van der Waals surface area contributed by atoms with Gasteiger partial charge in [0.2, 0.25) is 0 Å². The van der Waals surface area contributed by atoms with E-state index in [1.54, 1.807) is 6.08 Å². The van der Waals surface area contributed by atoms with Crippen LogP contribution in [0.3, 0.4) is 0 Å². The Hall–Kier alpha value is -0.761. The number of hydrogen-bond acceptors (Lipinski definition) is 2. The van der Waals surface area contributed by atoms with Crippen molar-refractivity contribution in [3.8, 4) is 0 Å². The zero-order valence-electron chi connectivity index (χ0n) is 9.91. The Bertz CT molecular complexity index is 609. The second kappa shape index (κ2) is 6.13. The molecular weight excluding hydrogens is 386 g/mol. The Morgan fingerprint density at radius 3 is 1.95 bits per heavy atom. The molecule has 19 heavy (non-hydrogen) atoms. The topological polar surface area (TPSA) is 17.1 Å². The average Bonchev–Trinajstić information content (AvgIpc) is 3.12. The third-order valence-corrected chi connectivity index (χ3v) is 8.09. The van der Waals surface area contributed by atoms with Crippen LogP contribution in [-0.4, -0.2) is 35.3 Å². The number of carbonyl (C=O) groups excluding carboxylic acids is 1. The van der Waals surface area contributed by atoms with Gasteiger partial charge < -0.3 is 0 Å². The van der Waals surface area contributed by atoms with E-state index in [-0.39, 0.29) is 0 Å². The van der Waals surface area contributed by atoms with Gasteiger partial charge in [-0.15, -0.1) is 0 Å².